The molecule has 0 atom stereocenters. The Labute approximate surface area is 135 Å². The summed E-state index contributed by atoms with van der Waals surface area (Å²) in [6.07, 6.45) is 9.42. The van der Waals surface area contributed by atoms with Crippen LogP contribution in [0.4, 0.5) is 0 Å². The van der Waals surface area contributed by atoms with E-state index in [-0.39, 0.29) is 0 Å². The summed E-state index contributed by atoms with van der Waals surface area (Å²) in [5.41, 5.74) is -0.292. The van der Waals surface area contributed by atoms with Crippen molar-refractivity contribution < 1.29 is 4.74 Å². The maximum atomic E-state index is 12.4. The summed E-state index contributed by atoms with van der Waals surface area (Å²) in [7, 11) is 1.59. The second kappa shape index (κ2) is 6.86. The first-order valence-electron chi connectivity index (χ1n) is 8.15. The second-order valence-corrected chi connectivity index (χ2v) is 6.13. The molecule has 0 aliphatic heterocycles. The zero-order valence-electron chi connectivity index (χ0n) is 13.4. The molecule has 2 aromatic rings. The maximum Gasteiger partial charge on any atom is 0.320 e. The molecule has 0 saturated heterocycles. The van der Waals surface area contributed by atoms with E-state index >= 15 is 0 Å². The van der Waals surface area contributed by atoms with E-state index in [4.69, 9.17) is 4.74 Å². The highest BCUT2D eigenvalue weighted by molar-refractivity contribution is 5.37. The molecule has 0 radical (unpaired) electrons. The lowest BCUT2D eigenvalue weighted by Crippen LogP contribution is -2.41. The molecule has 3 rings (SSSR count). The van der Waals surface area contributed by atoms with E-state index in [1.807, 2.05) is 0 Å². The monoisotopic (exact) mass is 314 g/mol. The molecule has 1 aromatic carbocycles. The van der Waals surface area contributed by atoms with Gasteiger partial charge in [0.15, 0.2) is 0 Å². The Morgan fingerprint density at radius 2 is 1.70 bits per heavy atom. The van der Waals surface area contributed by atoms with E-state index in [9.17, 15) is 9.59 Å². The van der Waals surface area contributed by atoms with Crippen LogP contribution in [-0.2, 0) is 6.54 Å². The fourth-order valence-corrected chi connectivity index (χ4v) is 3.25. The van der Waals surface area contributed by atoms with Crippen molar-refractivity contribution in [2.45, 2.75) is 38.6 Å². The van der Waals surface area contributed by atoms with Gasteiger partial charge in [-0.2, -0.15) is 0 Å². The first kappa shape index (κ1) is 15.6. The van der Waals surface area contributed by atoms with Gasteiger partial charge in [-0.15, -0.1) is 0 Å². The van der Waals surface area contributed by atoms with Crippen LogP contribution < -0.4 is 15.9 Å². The van der Waals surface area contributed by atoms with Crippen LogP contribution in [0, 0.1) is 5.92 Å². The standard InChI is InChI=1S/C18H22N2O3/c1-23-16-9-7-15(8-10-16)20-12-11-19(17(21)18(20)22)13-14-5-3-2-4-6-14/h7-12,14H,2-6,13H2,1H3. The molecule has 5 nitrogen and oxygen atoms in total. The summed E-state index contributed by atoms with van der Waals surface area (Å²) in [5, 5.41) is 0. The lowest BCUT2D eigenvalue weighted by Gasteiger charge is -2.22. The molecule has 5 heteroatoms. The van der Waals surface area contributed by atoms with Crippen LogP contribution in [-0.4, -0.2) is 16.2 Å². The summed E-state index contributed by atoms with van der Waals surface area (Å²) in [6.45, 7) is 0.650. The molecule has 1 aromatic heterocycles. The highest BCUT2D eigenvalue weighted by Crippen LogP contribution is 2.24. The number of ether oxygens (including phenoxy) is 1. The Balaban J connectivity index is 1.87. The summed E-state index contributed by atoms with van der Waals surface area (Å²) in [5.74, 6) is 1.23. The summed E-state index contributed by atoms with van der Waals surface area (Å²) in [6, 6.07) is 7.08. The molecule has 0 N–H and O–H groups in total. The SMILES string of the molecule is COc1ccc(-n2ccn(CC3CCCCC3)c(=O)c2=O)cc1. The fourth-order valence-electron chi connectivity index (χ4n) is 3.25. The summed E-state index contributed by atoms with van der Waals surface area (Å²) >= 11 is 0. The van der Waals surface area contributed by atoms with Gasteiger partial charge in [0.25, 0.3) is 0 Å². The van der Waals surface area contributed by atoms with Crippen LogP contribution in [0.3, 0.4) is 0 Å². The van der Waals surface area contributed by atoms with Gasteiger partial charge in [0.05, 0.1) is 7.11 Å². The fraction of sp³-hybridized carbons (Fsp3) is 0.444. The van der Waals surface area contributed by atoms with Crippen LogP contribution >= 0.6 is 0 Å². The predicted molar refractivity (Wildman–Crippen MR) is 89.4 cm³/mol. The van der Waals surface area contributed by atoms with E-state index in [0.29, 0.717) is 23.9 Å². The minimum Gasteiger partial charge on any atom is -0.497 e. The van der Waals surface area contributed by atoms with Crippen molar-refractivity contribution in [2.75, 3.05) is 7.11 Å². The smallest absolute Gasteiger partial charge is 0.320 e. The van der Waals surface area contributed by atoms with E-state index in [1.54, 1.807) is 48.3 Å². The first-order chi connectivity index (χ1) is 11.2. The van der Waals surface area contributed by atoms with Gasteiger partial charge >= 0.3 is 11.1 Å². The van der Waals surface area contributed by atoms with E-state index in [0.717, 1.165) is 12.8 Å². The Morgan fingerprint density at radius 1 is 1.00 bits per heavy atom. The molecule has 0 bridgehead atoms. The molecule has 23 heavy (non-hydrogen) atoms. The predicted octanol–water partition coefficient (Wildman–Crippen LogP) is 2.59. The maximum absolute atomic E-state index is 12.4. The number of nitrogens with zero attached hydrogens (tertiary/aromatic N) is 2. The van der Waals surface area contributed by atoms with Crippen molar-refractivity contribution in [3.05, 3.63) is 57.4 Å². The number of hydrogen-bond donors (Lipinski definition) is 0. The average molecular weight is 314 g/mol. The number of methoxy groups -OCH3 is 1. The Kier molecular flexibility index (Phi) is 4.65. The average Bonchev–Trinajstić information content (AvgIpc) is 2.60. The molecule has 0 amide bonds. The summed E-state index contributed by atoms with van der Waals surface area (Å²) < 4.78 is 8.07. The molecular formula is C18H22N2O3. The van der Waals surface area contributed by atoms with Crippen molar-refractivity contribution in [1.82, 2.24) is 9.13 Å². The van der Waals surface area contributed by atoms with Crippen LogP contribution in [0.15, 0.2) is 46.2 Å². The molecule has 0 spiro atoms. The molecule has 0 unspecified atom stereocenters. The first-order valence-corrected chi connectivity index (χ1v) is 8.15. The molecular weight excluding hydrogens is 292 g/mol. The number of aromatic nitrogens is 2. The van der Waals surface area contributed by atoms with Crippen LogP contribution in [0.1, 0.15) is 32.1 Å². The molecule has 1 aliphatic carbocycles. The van der Waals surface area contributed by atoms with Crippen molar-refractivity contribution >= 4 is 0 Å². The highest BCUT2D eigenvalue weighted by Gasteiger charge is 2.15. The van der Waals surface area contributed by atoms with Gasteiger partial charge in [0.1, 0.15) is 5.75 Å². The third-order valence-corrected chi connectivity index (χ3v) is 4.59. The summed E-state index contributed by atoms with van der Waals surface area (Å²) in [4.78, 5) is 24.7. The topological polar surface area (TPSA) is 53.2 Å². The molecule has 1 saturated carbocycles. The van der Waals surface area contributed by atoms with Gasteiger partial charge in [-0.05, 0) is 43.0 Å². The van der Waals surface area contributed by atoms with E-state index < -0.39 is 11.1 Å². The van der Waals surface area contributed by atoms with Gasteiger partial charge in [0, 0.05) is 24.6 Å². The molecule has 1 heterocycles. The van der Waals surface area contributed by atoms with Gasteiger partial charge in [-0.1, -0.05) is 19.3 Å². The second-order valence-electron chi connectivity index (χ2n) is 6.13. The van der Waals surface area contributed by atoms with Crippen molar-refractivity contribution in [3.8, 4) is 11.4 Å². The highest BCUT2D eigenvalue weighted by atomic mass is 16.5. The minimum atomic E-state index is -0.506. The normalized spacial score (nSPS) is 15.5. The molecule has 1 fully saturated rings. The van der Waals surface area contributed by atoms with Gasteiger partial charge in [-0.25, -0.2) is 0 Å². The Morgan fingerprint density at radius 3 is 2.35 bits per heavy atom. The minimum absolute atomic E-state index is 0.450. The van der Waals surface area contributed by atoms with Crippen molar-refractivity contribution in [2.24, 2.45) is 5.92 Å². The van der Waals surface area contributed by atoms with Gasteiger partial charge in [-0.3, -0.25) is 14.2 Å². The van der Waals surface area contributed by atoms with Crippen molar-refractivity contribution in [3.63, 3.8) is 0 Å². The lowest BCUT2D eigenvalue weighted by molar-refractivity contribution is 0.315. The number of hydrogen-bond acceptors (Lipinski definition) is 3. The molecule has 122 valence electrons. The van der Waals surface area contributed by atoms with Gasteiger partial charge in [0.2, 0.25) is 0 Å². The molecule has 1 aliphatic rings. The number of benzene rings is 1. The number of rotatable bonds is 4. The third kappa shape index (κ3) is 3.38. The quantitative estimate of drug-likeness (QED) is 0.815. The van der Waals surface area contributed by atoms with Crippen molar-refractivity contribution in [1.29, 1.82) is 0 Å². The lowest BCUT2D eigenvalue weighted by atomic mass is 9.89. The zero-order valence-corrected chi connectivity index (χ0v) is 13.4. The zero-order chi connectivity index (χ0) is 16.2. The Bertz CT molecular complexity index is 768. The van der Waals surface area contributed by atoms with Crippen LogP contribution in [0.2, 0.25) is 0 Å². The Hall–Kier alpha value is -2.30. The third-order valence-electron chi connectivity index (χ3n) is 4.59. The van der Waals surface area contributed by atoms with Crippen LogP contribution in [0.5, 0.6) is 5.75 Å². The largest absolute Gasteiger partial charge is 0.497 e. The van der Waals surface area contributed by atoms with Gasteiger partial charge < -0.3 is 9.30 Å². The van der Waals surface area contributed by atoms with E-state index in [1.165, 1.54) is 23.8 Å². The van der Waals surface area contributed by atoms with E-state index in [2.05, 4.69) is 0 Å². The van der Waals surface area contributed by atoms with Crippen LogP contribution in [0.25, 0.3) is 5.69 Å².